The summed E-state index contributed by atoms with van der Waals surface area (Å²) in [6, 6.07) is 6.79. The van der Waals surface area contributed by atoms with Gasteiger partial charge >= 0.3 is 5.97 Å². The molecule has 2 aromatic rings. The van der Waals surface area contributed by atoms with Crippen LogP contribution in [-0.2, 0) is 0 Å². The third kappa shape index (κ3) is 3.12. The van der Waals surface area contributed by atoms with Crippen molar-refractivity contribution < 1.29 is 14.3 Å². The largest absolute Gasteiger partial charge is 0.477 e. The zero-order chi connectivity index (χ0) is 15.3. The van der Waals surface area contributed by atoms with E-state index in [1.165, 1.54) is 41.1 Å². The molecule has 0 fully saturated rings. The molecule has 1 aromatic heterocycles. The molecule has 1 aromatic carbocycles. The van der Waals surface area contributed by atoms with Gasteiger partial charge in [-0.15, -0.1) is 0 Å². The van der Waals surface area contributed by atoms with Crippen molar-refractivity contribution in [1.82, 2.24) is 4.57 Å². The van der Waals surface area contributed by atoms with Crippen molar-refractivity contribution in [3.63, 3.8) is 0 Å². The molecule has 0 amide bonds. The molecule has 2 rings (SSSR count). The van der Waals surface area contributed by atoms with Crippen molar-refractivity contribution in [3.05, 3.63) is 63.8 Å². The molecule has 4 nitrogen and oxygen atoms in total. The summed E-state index contributed by atoms with van der Waals surface area (Å²) in [6.07, 6.45) is 1.47. The quantitative estimate of drug-likeness (QED) is 0.918. The Morgan fingerprint density at radius 2 is 1.70 bits per heavy atom. The summed E-state index contributed by atoms with van der Waals surface area (Å²) >= 11 is 0. The molecule has 0 radical (unpaired) electrons. The number of pyridine rings is 1. The van der Waals surface area contributed by atoms with E-state index in [9.17, 15) is 14.0 Å². The monoisotopic (exact) mass is 277 g/mol. The first kappa shape index (κ1) is 15.6. The maximum atomic E-state index is 12.8. The fourth-order valence-electron chi connectivity index (χ4n) is 1.69. The van der Waals surface area contributed by atoms with Crippen LogP contribution < -0.4 is 5.56 Å². The van der Waals surface area contributed by atoms with E-state index in [-0.39, 0.29) is 5.56 Å². The lowest BCUT2D eigenvalue weighted by Gasteiger charge is -2.08. The Morgan fingerprint density at radius 3 is 2.20 bits per heavy atom. The van der Waals surface area contributed by atoms with Gasteiger partial charge in [-0.2, -0.15) is 0 Å². The zero-order valence-corrected chi connectivity index (χ0v) is 11.6. The minimum atomic E-state index is -1.27. The second kappa shape index (κ2) is 6.65. The van der Waals surface area contributed by atoms with Crippen molar-refractivity contribution in [2.24, 2.45) is 0 Å². The minimum Gasteiger partial charge on any atom is -0.477 e. The Balaban J connectivity index is 0.000000956. The van der Waals surface area contributed by atoms with E-state index in [2.05, 4.69) is 0 Å². The minimum absolute atomic E-state index is 0.276. The molecule has 1 N–H and O–H groups in total. The number of hydrogen-bond acceptors (Lipinski definition) is 2. The molecule has 1 heterocycles. The van der Waals surface area contributed by atoms with E-state index in [4.69, 9.17) is 5.11 Å². The van der Waals surface area contributed by atoms with Crippen LogP contribution in [0.4, 0.5) is 4.39 Å². The molecule has 0 saturated heterocycles. The molecule has 0 saturated carbocycles. The van der Waals surface area contributed by atoms with Crippen LogP contribution in [0.5, 0.6) is 0 Å². The van der Waals surface area contributed by atoms with Gasteiger partial charge in [-0.25, -0.2) is 9.18 Å². The molecule has 0 aliphatic rings. The summed E-state index contributed by atoms with van der Waals surface area (Å²) in [6.45, 7) is 5.56. The number of rotatable bonds is 2. The average Bonchev–Trinajstić information content (AvgIpc) is 2.42. The number of aromatic carboxylic acids is 1. The summed E-state index contributed by atoms with van der Waals surface area (Å²) < 4.78 is 14.0. The van der Waals surface area contributed by atoms with Crippen LogP contribution in [0.25, 0.3) is 5.69 Å². The number of aromatic nitrogens is 1. The van der Waals surface area contributed by atoms with Gasteiger partial charge in [0.15, 0.2) is 0 Å². The van der Waals surface area contributed by atoms with Crippen LogP contribution in [-0.4, -0.2) is 15.6 Å². The molecule has 0 spiro atoms. The fraction of sp³-hybridized carbons (Fsp3) is 0.200. The van der Waals surface area contributed by atoms with Gasteiger partial charge in [-0.1, -0.05) is 13.8 Å². The van der Waals surface area contributed by atoms with E-state index in [0.717, 1.165) is 0 Å². The van der Waals surface area contributed by atoms with E-state index in [1.807, 2.05) is 13.8 Å². The van der Waals surface area contributed by atoms with Gasteiger partial charge in [0.25, 0.3) is 5.56 Å². The topological polar surface area (TPSA) is 59.3 Å². The Kier molecular flexibility index (Phi) is 5.20. The molecule has 0 aliphatic heterocycles. The lowest BCUT2D eigenvalue weighted by molar-refractivity contribution is 0.0693. The summed E-state index contributed by atoms with van der Waals surface area (Å²) in [5, 5.41) is 8.99. The van der Waals surface area contributed by atoms with Gasteiger partial charge in [0.1, 0.15) is 11.4 Å². The third-order valence-corrected chi connectivity index (χ3v) is 2.62. The van der Waals surface area contributed by atoms with Crippen molar-refractivity contribution in [2.45, 2.75) is 20.8 Å². The van der Waals surface area contributed by atoms with Crippen LogP contribution in [0.2, 0.25) is 0 Å². The van der Waals surface area contributed by atoms with Crippen LogP contribution >= 0.6 is 0 Å². The maximum absolute atomic E-state index is 12.8. The fourth-order valence-corrected chi connectivity index (χ4v) is 1.69. The Labute approximate surface area is 116 Å². The predicted octanol–water partition coefficient (Wildman–Crippen LogP) is 3.01. The van der Waals surface area contributed by atoms with Gasteiger partial charge in [0, 0.05) is 11.9 Å². The van der Waals surface area contributed by atoms with Crippen LogP contribution in [0.15, 0.2) is 41.3 Å². The van der Waals surface area contributed by atoms with E-state index >= 15 is 0 Å². The highest BCUT2D eigenvalue weighted by molar-refractivity contribution is 5.88. The summed E-state index contributed by atoms with van der Waals surface area (Å²) in [7, 11) is 0. The number of carboxylic acids is 1. The smallest absolute Gasteiger partial charge is 0.341 e. The van der Waals surface area contributed by atoms with Crippen molar-refractivity contribution in [3.8, 4) is 5.69 Å². The summed E-state index contributed by atoms with van der Waals surface area (Å²) in [5.41, 5.74) is -0.0919. The van der Waals surface area contributed by atoms with E-state index < -0.39 is 17.3 Å². The van der Waals surface area contributed by atoms with Gasteiger partial charge in [0.05, 0.1) is 0 Å². The van der Waals surface area contributed by atoms with E-state index in [1.54, 1.807) is 6.92 Å². The molecule has 20 heavy (non-hydrogen) atoms. The number of hydrogen-bond donors (Lipinski definition) is 1. The molecule has 106 valence electrons. The van der Waals surface area contributed by atoms with Gasteiger partial charge < -0.3 is 5.11 Å². The highest BCUT2D eigenvalue weighted by Gasteiger charge is 2.14. The molecular weight excluding hydrogens is 261 g/mol. The molecule has 0 aliphatic carbocycles. The maximum Gasteiger partial charge on any atom is 0.341 e. The number of carboxylic acid groups (broad SMARTS) is 1. The number of carbonyl (C=O) groups is 1. The van der Waals surface area contributed by atoms with Crippen LogP contribution in [0, 0.1) is 12.7 Å². The van der Waals surface area contributed by atoms with Crippen LogP contribution in [0.3, 0.4) is 0 Å². The lowest BCUT2D eigenvalue weighted by Crippen LogP contribution is -2.26. The molecular formula is C15H16FNO3. The highest BCUT2D eigenvalue weighted by Crippen LogP contribution is 2.09. The Bertz CT molecular complexity index is 660. The molecule has 0 atom stereocenters. The summed E-state index contributed by atoms with van der Waals surface area (Å²) in [4.78, 5) is 23.0. The van der Waals surface area contributed by atoms with Crippen molar-refractivity contribution >= 4 is 5.97 Å². The lowest BCUT2D eigenvalue weighted by atomic mass is 10.1. The van der Waals surface area contributed by atoms with Crippen LogP contribution in [0.1, 0.15) is 29.8 Å². The number of halogens is 1. The first-order valence-corrected chi connectivity index (χ1v) is 6.22. The molecule has 5 heteroatoms. The predicted molar refractivity (Wildman–Crippen MR) is 75.0 cm³/mol. The zero-order valence-electron chi connectivity index (χ0n) is 11.6. The summed E-state index contributed by atoms with van der Waals surface area (Å²) in [5.74, 6) is -1.69. The number of aryl methyl sites for hydroxylation is 1. The number of nitrogens with zero attached hydrogens (tertiary/aromatic N) is 1. The standard InChI is InChI=1S/C13H10FNO3.C2H6/c1-8-6-7-15(12(16)11(8)13(17)18)10-4-2-9(14)3-5-10;1-2/h2-7H,1H3,(H,17,18);1-2H3. The van der Waals surface area contributed by atoms with Gasteiger partial charge in [0.2, 0.25) is 0 Å². The van der Waals surface area contributed by atoms with Gasteiger partial charge in [-0.05, 0) is 42.8 Å². The third-order valence-electron chi connectivity index (χ3n) is 2.62. The first-order valence-electron chi connectivity index (χ1n) is 6.22. The molecule has 0 unspecified atom stereocenters. The average molecular weight is 277 g/mol. The Hall–Kier alpha value is -2.43. The molecule has 0 bridgehead atoms. The highest BCUT2D eigenvalue weighted by atomic mass is 19.1. The van der Waals surface area contributed by atoms with Crippen molar-refractivity contribution in [1.29, 1.82) is 0 Å². The SMILES string of the molecule is CC.Cc1ccn(-c2ccc(F)cc2)c(=O)c1C(=O)O. The number of benzene rings is 1. The van der Waals surface area contributed by atoms with Crippen molar-refractivity contribution in [2.75, 3.05) is 0 Å². The Morgan fingerprint density at radius 1 is 1.15 bits per heavy atom. The second-order valence-electron chi connectivity index (χ2n) is 3.83. The normalized spacial score (nSPS) is 9.60. The second-order valence-corrected chi connectivity index (χ2v) is 3.83. The first-order chi connectivity index (χ1) is 9.50. The van der Waals surface area contributed by atoms with Gasteiger partial charge in [-0.3, -0.25) is 9.36 Å². The van der Waals surface area contributed by atoms with E-state index in [0.29, 0.717) is 11.3 Å².